The molecule has 3 rings (SSSR count). The van der Waals surface area contributed by atoms with Gasteiger partial charge in [0, 0.05) is 11.3 Å². The molecule has 0 bridgehead atoms. The third kappa shape index (κ3) is 4.26. The average Bonchev–Trinajstić information content (AvgIpc) is 3.03. The first kappa shape index (κ1) is 17.2. The number of aromatic nitrogens is 3. The zero-order valence-electron chi connectivity index (χ0n) is 13.3. The summed E-state index contributed by atoms with van der Waals surface area (Å²) < 4.78 is 1.93. The van der Waals surface area contributed by atoms with Crippen LogP contribution in [0.1, 0.15) is 5.56 Å². The summed E-state index contributed by atoms with van der Waals surface area (Å²) in [4.78, 5) is 10.8. The van der Waals surface area contributed by atoms with Gasteiger partial charge < -0.3 is 10.2 Å². The number of nitrogens with zero attached hydrogens (tertiary/aromatic N) is 3. The van der Waals surface area contributed by atoms with E-state index in [0.717, 1.165) is 11.1 Å². The number of carbonyl (C=O) groups is 1. The molecule has 1 heterocycles. The first-order valence-electron chi connectivity index (χ1n) is 7.71. The highest BCUT2D eigenvalue weighted by Crippen LogP contribution is 2.25. The van der Waals surface area contributed by atoms with E-state index < -0.39 is 12.1 Å². The molecule has 6 nitrogen and oxygen atoms in total. The van der Waals surface area contributed by atoms with E-state index in [9.17, 15) is 9.90 Å². The molecule has 7 heteroatoms. The topological polar surface area (TPSA) is 88.2 Å². The largest absolute Gasteiger partial charge is 0.479 e. The van der Waals surface area contributed by atoms with Gasteiger partial charge in [0.25, 0.3) is 0 Å². The molecule has 1 aromatic heterocycles. The smallest absolute Gasteiger partial charge is 0.333 e. The quantitative estimate of drug-likeness (QED) is 0.633. The van der Waals surface area contributed by atoms with E-state index in [1.807, 2.05) is 65.2 Å². The molecule has 0 aliphatic rings. The summed E-state index contributed by atoms with van der Waals surface area (Å²) in [5.41, 5.74) is 2.01. The van der Waals surface area contributed by atoms with Crippen molar-refractivity contribution in [3.05, 3.63) is 66.2 Å². The van der Waals surface area contributed by atoms with Crippen LogP contribution < -0.4 is 0 Å². The Bertz CT molecular complexity index is 837. The molecule has 3 aromatic rings. The molecule has 0 fully saturated rings. The number of aliphatic hydroxyl groups is 1. The van der Waals surface area contributed by atoms with Gasteiger partial charge in [-0.2, -0.15) is 0 Å². The minimum Gasteiger partial charge on any atom is -0.479 e. The van der Waals surface area contributed by atoms with Gasteiger partial charge in [-0.15, -0.1) is 10.2 Å². The van der Waals surface area contributed by atoms with Gasteiger partial charge in [0.2, 0.25) is 0 Å². The molecule has 1 unspecified atom stereocenters. The maximum Gasteiger partial charge on any atom is 0.333 e. The molecule has 0 amide bonds. The summed E-state index contributed by atoms with van der Waals surface area (Å²) in [6.07, 6.45) is -1.44. The standard InChI is InChI=1S/C18H17N3O3S/c22-15(17(23)24)12-25-18-20-19-16(14-9-5-2-6-10-14)21(18)11-13-7-3-1-4-8-13/h1-10,15,22H,11-12H2,(H,23,24). The Labute approximate surface area is 149 Å². The zero-order chi connectivity index (χ0) is 17.6. The number of rotatable bonds is 7. The molecule has 0 aliphatic carbocycles. The molecule has 128 valence electrons. The summed E-state index contributed by atoms with van der Waals surface area (Å²) >= 11 is 1.18. The van der Waals surface area contributed by atoms with Crippen molar-refractivity contribution in [2.45, 2.75) is 17.8 Å². The van der Waals surface area contributed by atoms with Crippen molar-refractivity contribution in [3.8, 4) is 11.4 Å². The summed E-state index contributed by atoms with van der Waals surface area (Å²) in [5.74, 6) is -0.529. The maximum absolute atomic E-state index is 10.8. The molecule has 0 saturated heterocycles. The highest BCUT2D eigenvalue weighted by molar-refractivity contribution is 7.99. The number of hydrogen-bond acceptors (Lipinski definition) is 5. The number of hydrogen-bond donors (Lipinski definition) is 2. The molecule has 25 heavy (non-hydrogen) atoms. The molecule has 0 saturated carbocycles. The Hall–Kier alpha value is -2.64. The average molecular weight is 355 g/mol. The van der Waals surface area contributed by atoms with Crippen LogP contribution in [-0.4, -0.2) is 42.8 Å². The predicted molar refractivity (Wildman–Crippen MR) is 95.4 cm³/mol. The highest BCUT2D eigenvalue weighted by atomic mass is 32.2. The van der Waals surface area contributed by atoms with Gasteiger partial charge in [0.05, 0.1) is 6.54 Å². The lowest BCUT2D eigenvalue weighted by molar-refractivity contribution is -0.145. The van der Waals surface area contributed by atoms with E-state index in [4.69, 9.17) is 5.11 Å². The van der Waals surface area contributed by atoms with Gasteiger partial charge in [-0.1, -0.05) is 72.4 Å². The Kier molecular flexibility index (Phi) is 5.47. The van der Waals surface area contributed by atoms with Crippen molar-refractivity contribution in [2.24, 2.45) is 0 Å². The van der Waals surface area contributed by atoms with Crippen LogP contribution in [0, 0.1) is 0 Å². The molecular weight excluding hydrogens is 338 g/mol. The summed E-state index contributed by atoms with van der Waals surface area (Å²) in [6, 6.07) is 19.6. The van der Waals surface area contributed by atoms with E-state index >= 15 is 0 Å². The minimum absolute atomic E-state index is 0.0110. The van der Waals surface area contributed by atoms with Gasteiger partial charge in [0.1, 0.15) is 0 Å². The molecule has 0 radical (unpaired) electrons. The summed E-state index contributed by atoms with van der Waals surface area (Å²) in [5, 5.41) is 27.4. The lowest BCUT2D eigenvalue weighted by Crippen LogP contribution is -2.22. The third-order valence-corrected chi connectivity index (χ3v) is 4.63. The highest BCUT2D eigenvalue weighted by Gasteiger charge is 2.18. The maximum atomic E-state index is 10.8. The van der Waals surface area contributed by atoms with Crippen LogP contribution in [0.5, 0.6) is 0 Å². The van der Waals surface area contributed by atoms with E-state index in [1.165, 1.54) is 11.8 Å². The monoisotopic (exact) mass is 355 g/mol. The minimum atomic E-state index is -1.44. The number of aliphatic hydroxyl groups excluding tert-OH is 1. The first-order chi connectivity index (χ1) is 12.1. The Morgan fingerprint density at radius 2 is 1.68 bits per heavy atom. The number of thioether (sulfide) groups is 1. The first-order valence-corrected chi connectivity index (χ1v) is 8.70. The van der Waals surface area contributed by atoms with Crippen LogP contribution in [0.2, 0.25) is 0 Å². The predicted octanol–water partition coefficient (Wildman–Crippen LogP) is 2.53. The molecule has 2 aromatic carbocycles. The normalized spacial score (nSPS) is 12.0. The van der Waals surface area contributed by atoms with Crippen LogP contribution in [0.4, 0.5) is 0 Å². The SMILES string of the molecule is O=C(O)C(O)CSc1nnc(-c2ccccc2)n1Cc1ccccc1. The second kappa shape index (κ2) is 7.96. The van der Waals surface area contributed by atoms with Crippen LogP contribution in [-0.2, 0) is 11.3 Å². The Morgan fingerprint density at radius 1 is 1.04 bits per heavy atom. The number of benzene rings is 2. The number of aliphatic carboxylic acids is 1. The van der Waals surface area contributed by atoms with E-state index in [2.05, 4.69) is 10.2 Å². The zero-order valence-corrected chi connectivity index (χ0v) is 14.1. The van der Waals surface area contributed by atoms with Crippen molar-refractivity contribution in [1.29, 1.82) is 0 Å². The number of carboxylic acids is 1. The summed E-state index contributed by atoms with van der Waals surface area (Å²) in [7, 11) is 0. The van der Waals surface area contributed by atoms with Gasteiger partial charge in [-0.3, -0.25) is 4.57 Å². The van der Waals surface area contributed by atoms with Gasteiger partial charge in [-0.05, 0) is 5.56 Å². The van der Waals surface area contributed by atoms with Crippen LogP contribution >= 0.6 is 11.8 Å². The van der Waals surface area contributed by atoms with Gasteiger partial charge >= 0.3 is 5.97 Å². The fraction of sp³-hybridized carbons (Fsp3) is 0.167. The van der Waals surface area contributed by atoms with Gasteiger partial charge in [-0.25, -0.2) is 4.79 Å². The molecule has 0 aliphatic heterocycles. The molecule has 0 spiro atoms. The molecule has 1 atom stereocenters. The second-order valence-electron chi connectivity index (χ2n) is 5.41. The van der Waals surface area contributed by atoms with Crippen molar-refractivity contribution in [2.75, 3.05) is 5.75 Å². The molecule has 2 N–H and O–H groups in total. The van der Waals surface area contributed by atoms with Gasteiger partial charge in [0.15, 0.2) is 17.1 Å². The Balaban J connectivity index is 1.92. The fourth-order valence-corrected chi connectivity index (χ4v) is 3.18. The number of carboxylic acid groups (broad SMARTS) is 1. The van der Waals surface area contributed by atoms with E-state index in [0.29, 0.717) is 17.5 Å². The van der Waals surface area contributed by atoms with Crippen molar-refractivity contribution >= 4 is 17.7 Å². The van der Waals surface area contributed by atoms with Crippen LogP contribution in [0.3, 0.4) is 0 Å². The lowest BCUT2D eigenvalue weighted by atomic mass is 10.2. The van der Waals surface area contributed by atoms with Crippen LogP contribution in [0.25, 0.3) is 11.4 Å². The fourth-order valence-electron chi connectivity index (χ4n) is 2.33. The lowest BCUT2D eigenvalue weighted by Gasteiger charge is -2.11. The third-order valence-electron chi connectivity index (χ3n) is 3.59. The van der Waals surface area contributed by atoms with Crippen molar-refractivity contribution < 1.29 is 15.0 Å². The Morgan fingerprint density at radius 3 is 2.32 bits per heavy atom. The van der Waals surface area contributed by atoms with E-state index in [1.54, 1.807) is 0 Å². The summed E-state index contributed by atoms with van der Waals surface area (Å²) in [6.45, 7) is 0.559. The van der Waals surface area contributed by atoms with Crippen molar-refractivity contribution in [3.63, 3.8) is 0 Å². The van der Waals surface area contributed by atoms with E-state index in [-0.39, 0.29) is 5.75 Å². The van der Waals surface area contributed by atoms with Crippen LogP contribution in [0.15, 0.2) is 65.8 Å². The molecular formula is C18H17N3O3S. The van der Waals surface area contributed by atoms with Crippen molar-refractivity contribution in [1.82, 2.24) is 14.8 Å². The second-order valence-corrected chi connectivity index (χ2v) is 6.40.